The summed E-state index contributed by atoms with van der Waals surface area (Å²) in [5.74, 6) is 0.0403. The first-order valence-corrected chi connectivity index (χ1v) is 10.5. The number of anilines is 1. The molecule has 1 unspecified atom stereocenters. The number of rotatable bonds is 6. The van der Waals surface area contributed by atoms with Gasteiger partial charge in [-0.25, -0.2) is 0 Å². The maximum absolute atomic E-state index is 12.9. The summed E-state index contributed by atoms with van der Waals surface area (Å²) in [4.78, 5) is 15.4. The van der Waals surface area contributed by atoms with Crippen molar-refractivity contribution in [1.29, 1.82) is 0 Å². The predicted molar refractivity (Wildman–Crippen MR) is 119 cm³/mol. The lowest BCUT2D eigenvalue weighted by Gasteiger charge is -2.33. The SMILES string of the molecule is O=C(Cc1ccccc1)NC(c1ccccc1)c1ccccc1N1CCCCC1. The van der Waals surface area contributed by atoms with Crippen LogP contribution in [0.4, 0.5) is 5.69 Å². The third-order valence-electron chi connectivity index (χ3n) is 5.59. The van der Waals surface area contributed by atoms with E-state index in [2.05, 4.69) is 46.6 Å². The zero-order valence-corrected chi connectivity index (χ0v) is 16.8. The summed E-state index contributed by atoms with van der Waals surface area (Å²) in [5, 5.41) is 3.31. The van der Waals surface area contributed by atoms with Crippen LogP contribution in [-0.4, -0.2) is 19.0 Å². The number of amides is 1. The zero-order valence-electron chi connectivity index (χ0n) is 16.8. The van der Waals surface area contributed by atoms with Gasteiger partial charge in [-0.2, -0.15) is 0 Å². The molecule has 0 bridgehead atoms. The van der Waals surface area contributed by atoms with Gasteiger partial charge >= 0.3 is 0 Å². The largest absolute Gasteiger partial charge is 0.371 e. The topological polar surface area (TPSA) is 32.3 Å². The molecule has 1 aliphatic heterocycles. The number of carbonyl (C=O) groups is 1. The van der Waals surface area contributed by atoms with Gasteiger partial charge in [0.05, 0.1) is 12.5 Å². The van der Waals surface area contributed by atoms with E-state index < -0.39 is 0 Å². The number of carbonyl (C=O) groups excluding carboxylic acids is 1. The van der Waals surface area contributed by atoms with E-state index in [4.69, 9.17) is 0 Å². The Hall–Kier alpha value is -3.07. The highest BCUT2D eigenvalue weighted by Gasteiger charge is 2.23. The Morgan fingerprint density at radius 3 is 2.14 bits per heavy atom. The Bertz CT molecular complexity index is 918. The van der Waals surface area contributed by atoms with E-state index >= 15 is 0 Å². The van der Waals surface area contributed by atoms with Crippen LogP contribution in [0.1, 0.15) is 42.0 Å². The van der Waals surface area contributed by atoms with Crippen LogP contribution in [-0.2, 0) is 11.2 Å². The summed E-state index contributed by atoms with van der Waals surface area (Å²) >= 11 is 0. The molecule has 1 aliphatic rings. The Morgan fingerprint density at radius 2 is 1.41 bits per heavy atom. The van der Waals surface area contributed by atoms with Crippen molar-refractivity contribution < 1.29 is 4.79 Å². The van der Waals surface area contributed by atoms with Gasteiger partial charge in [-0.3, -0.25) is 4.79 Å². The number of nitrogens with zero attached hydrogens (tertiary/aromatic N) is 1. The summed E-state index contributed by atoms with van der Waals surface area (Å²) < 4.78 is 0. The van der Waals surface area contributed by atoms with E-state index in [9.17, 15) is 4.79 Å². The molecule has 0 spiro atoms. The van der Waals surface area contributed by atoms with Crippen LogP contribution in [0, 0.1) is 0 Å². The highest BCUT2D eigenvalue weighted by atomic mass is 16.1. The molecule has 29 heavy (non-hydrogen) atoms. The minimum Gasteiger partial charge on any atom is -0.371 e. The molecule has 1 heterocycles. The maximum Gasteiger partial charge on any atom is 0.225 e. The second-order valence-electron chi connectivity index (χ2n) is 7.68. The van der Waals surface area contributed by atoms with E-state index in [1.807, 2.05) is 48.5 Å². The molecule has 3 aromatic carbocycles. The molecule has 3 nitrogen and oxygen atoms in total. The lowest BCUT2D eigenvalue weighted by molar-refractivity contribution is -0.120. The number of para-hydroxylation sites is 1. The summed E-state index contributed by atoms with van der Waals surface area (Å²) in [7, 11) is 0. The van der Waals surface area contributed by atoms with Gasteiger partial charge in [-0.15, -0.1) is 0 Å². The second kappa shape index (κ2) is 9.42. The fraction of sp³-hybridized carbons (Fsp3) is 0.269. The quantitative estimate of drug-likeness (QED) is 0.639. The molecular weight excluding hydrogens is 356 g/mol. The third kappa shape index (κ3) is 4.86. The monoisotopic (exact) mass is 384 g/mol. The molecular formula is C26H28N2O. The molecule has 0 radical (unpaired) electrons. The number of benzene rings is 3. The molecule has 3 aromatic rings. The van der Waals surface area contributed by atoms with Crippen molar-refractivity contribution in [2.24, 2.45) is 0 Å². The van der Waals surface area contributed by atoms with Gasteiger partial charge in [0.2, 0.25) is 5.91 Å². The predicted octanol–water partition coefficient (Wildman–Crippen LogP) is 5.13. The summed E-state index contributed by atoms with van der Waals surface area (Å²) in [5.41, 5.74) is 4.54. The van der Waals surface area contributed by atoms with Gasteiger partial charge in [0.15, 0.2) is 0 Å². The summed E-state index contributed by atoms with van der Waals surface area (Å²) in [6.07, 6.45) is 4.14. The number of hydrogen-bond acceptors (Lipinski definition) is 2. The van der Waals surface area contributed by atoms with Gasteiger partial charge in [-0.05, 0) is 36.5 Å². The first-order chi connectivity index (χ1) is 14.3. The van der Waals surface area contributed by atoms with Crippen molar-refractivity contribution in [2.75, 3.05) is 18.0 Å². The zero-order chi connectivity index (χ0) is 19.9. The van der Waals surface area contributed by atoms with E-state index in [0.29, 0.717) is 6.42 Å². The normalized spacial score (nSPS) is 15.0. The van der Waals surface area contributed by atoms with Crippen LogP contribution in [0.5, 0.6) is 0 Å². The Kier molecular flexibility index (Phi) is 6.25. The highest BCUT2D eigenvalue weighted by molar-refractivity contribution is 5.80. The Morgan fingerprint density at radius 1 is 0.793 bits per heavy atom. The number of nitrogens with one attached hydrogen (secondary N) is 1. The molecule has 1 fully saturated rings. The number of hydrogen-bond donors (Lipinski definition) is 1. The Labute approximate surface area is 173 Å². The smallest absolute Gasteiger partial charge is 0.225 e. The van der Waals surface area contributed by atoms with Crippen molar-refractivity contribution in [3.63, 3.8) is 0 Å². The van der Waals surface area contributed by atoms with Crippen LogP contribution < -0.4 is 10.2 Å². The van der Waals surface area contributed by atoms with E-state index in [1.165, 1.54) is 30.5 Å². The van der Waals surface area contributed by atoms with Crippen molar-refractivity contribution in [3.05, 3.63) is 102 Å². The van der Waals surface area contributed by atoms with Crippen molar-refractivity contribution in [1.82, 2.24) is 5.32 Å². The van der Waals surface area contributed by atoms with Gasteiger partial charge in [-0.1, -0.05) is 78.9 Å². The maximum atomic E-state index is 12.9. The van der Waals surface area contributed by atoms with Crippen LogP contribution in [0.25, 0.3) is 0 Å². The van der Waals surface area contributed by atoms with Crippen LogP contribution in [0.2, 0.25) is 0 Å². The fourth-order valence-corrected chi connectivity index (χ4v) is 4.13. The minimum atomic E-state index is -0.162. The van der Waals surface area contributed by atoms with Crippen LogP contribution >= 0.6 is 0 Å². The first kappa shape index (κ1) is 19.3. The van der Waals surface area contributed by atoms with Gasteiger partial charge < -0.3 is 10.2 Å². The van der Waals surface area contributed by atoms with Gasteiger partial charge in [0.1, 0.15) is 0 Å². The lowest BCUT2D eigenvalue weighted by atomic mass is 9.95. The lowest BCUT2D eigenvalue weighted by Crippen LogP contribution is -2.34. The molecule has 0 aliphatic carbocycles. The summed E-state index contributed by atoms with van der Waals surface area (Å²) in [6, 6.07) is 28.6. The van der Waals surface area contributed by atoms with Gasteiger partial charge in [0, 0.05) is 24.3 Å². The molecule has 1 atom stereocenters. The molecule has 4 rings (SSSR count). The summed E-state index contributed by atoms with van der Waals surface area (Å²) in [6.45, 7) is 2.16. The molecule has 148 valence electrons. The Balaban J connectivity index is 1.64. The average molecular weight is 385 g/mol. The van der Waals surface area contributed by atoms with E-state index in [0.717, 1.165) is 24.2 Å². The minimum absolute atomic E-state index is 0.0403. The number of piperidine rings is 1. The van der Waals surface area contributed by atoms with E-state index in [1.54, 1.807) is 0 Å². The van der Waals surface area contributed by atoms with Crippen LogP contribution in [0.15, 0.2) is 84.9 Å². The van der Waals surface area contributed by atoms with Gasteiger partial charge in [0.25, 0.3) is 0 Å². The molecule has 3 heteroatoms. The second-order valence-corrected chi connectivity index (χ2v) is 7.68. The fourth-order valence-electron chi connectivity index (χ4n) is 4.13. The standard InChI is InChI=1S/C26H28N2O/c29-25(20-21-12-4-1-5-13-21)27-26(22-14-6-2-7-15-22)23-16-8-9-17-24(23)28-18-10-3-11-19-28/h1-2,4-9,12-17,26H,3,10-11,18-20H2,(H,27,29). The highest BCUT2D eigenvalue weighted by Crippen LogP contribution is 2.32. The first-order valence-electron chi connectivity index (χ1n) is 10.5. The van der Waals surface area contributed by atoms with Crippen LogP contribution in [0.3, 0.4) is 0 Å². The molecule has 0 saturated carbocycles. The molecule has 1 saturated heterocycles. The van der Waals surface area contributed by atoms with E-state index in [-0.39, 0.29) is 11.9 Å². The molecule has 0 aromatic heterocycles. The average Bonchev–Trinajstić information content (AvgIpc) is 2.79. The van der Waals surface area contributed by atoms with Crippen molar-refractivity contribution >= 4 is 11.6 Å². The third-order valence-corrected chi connectivity index (χ3v) is 5.59. The van der Waals surface area contributed by atoms with Crippen molar-refractivity contribution in [3.8, 4) is 0 Å². The molecule has 1 amide bonds. The molecule has 1 N–H and O–H groups in total. The van der Waals surface area contributed by atoms with Crippen molar-refractivity contribution in [2.45, 2.75) is 31.7 Å².